The van der Waals surface area contributed by atoms with Crippen LogP contribution in [0.1, 0.15) is 29.3 Å². The average Bonchev–Trinajstić information content (AvgIpc) is 3.29. The average molecular weight is 375 g/mol. The van der Waals surface area contributed by atoms with Crippen molar-refractivity contribution >= 4 is 22.4 Å². The minimum absolute atomic E-state index is 0.00681. The standard InChI is InChI=1S/C18H15F2N3O2S/c19-10-3-1-4-11(20)17(10)13-9-21-16(25-13)8-7-15(24)23-18-22-12-5-2-6-14(12)26-18/h1,3-4,9H,2,5-8H2,(H,22,23,24). The van der Waals surface area contributed by atoms with Crippen molar-refractivity contribution in [2.45, 2.75) is 32.1 Å². The van der Waals surface area contributed by atoms with Gasteiger partial charge in [0.1, 0.15) is 11.6 Å². The van der Waals surface area contributed by atoms with Gasteiger partial charge in [0.2, 0.25) is 5.91 Å². The van der Waals surface area contributed by atoms with Gasteiger partial charge in [-0.3, -0.25) is 4.79 Å². The first-order valence-corrected chi connectivity index (χ1v) is 9.09. The second kappa shape index (κ2) is 6.95. The van der Waals surface area contributed by atoms with Crippen LogP contribution in [0.25, 0.3) is 11.3 Å². The Kier molecular flexibility index (Phi) is 4.50. The molecule has 3 aromatic rings. The van der Waals surface area contributed by atoms with Gasteiger partial charge in [0.05, 0.1) is 17.5 Å². The van der Waals surface area contributed by atoms with Crippen LogP contribution in [0, 0.1) is 11.6 Å². The molecule has 0 bridgehead atoms. The maximum absolute atomic E-state index is 13.8. The maximum atomic E-state index is 13.8. The van der Waals surface area contributed by atoms with Gasteiger partial charge in [0.25, 0.3) is 0 Å². The molecule has 4 rings (SSSR count). The zero-order chi connectivity index (χ0) is 18.1. The third kappa shape index (κ3) is 3.37. The fourth-order valence-electron chi connectivity index (χ4n) is 2.92. The lowest BCUT2D eigenvalue weighted by molar-refractivity contribution is -0.116. The number of rotatable bonds is 5. The van der Waals surface area contributed by atoms with Gasteiger partial charge in [-0.15, -0.1) is 11.3 Å². The summed E-state index contributed by atoms with van der Waals surface area (Å²) < 4.78 is 32.9. The maximum Gasteiger partial charge on any atom is 0.226 e. The molecule has 1 amide bonds. The second-order valence-electron chi connectivity index (χ2n) is 6.01. The summed E-state index contributed by atoms with van der Waals surface area (Å²) in [6.45, 7) is 0. The highest BCUT2D eigenvalue weighted by Gasteiger charge is 2.19. The topological polar surface area (TPSA) is 68.0 Å². The molecule has 5 nitrogen and oxygen atoms in total. The van der Waals surface area contributed by atoms with E-state index in [2.05, 4.69) is 15.3 Å². The Morgan fingerprint density at radius 2 is 2.08 bits per heavy atom. The van der Waals surface area contributed by atoms with E-state index in [1.165, 1.54) is 28.5 Å². The molecule has 1 aliphatic carbocycles. The zero-order valence-corrected chi connectivity index (χ0v) is 14.5. The number of halogens is 2. The molecule has 1 N–H and O–H groups in total. The van der Waals surface area contributed by atoms with Crippen molar-refractivity contribution in [3.05, 3.63) is 52.5 Å². The van der Waals surface area contributed by atoms with Crippen LogP contribution < -0.4 is 5.32 Å². The summed E-state index contributed by atoms with van der Waals surface area (Å²) in [6.07, 6.45) is 4.75. The summed E-state index contributed by atoms with van der Waals surface area (Å²) in [6, 6.07) is 3.59. The van der Waals surface area contributed by atoms with Gasteiger partial charge in [-0.25, -0.2) is 18.7 Å². The molecule has 0 atom stereocenters. The number of carbonyl (C=O) groups excluding carboxylic acids is 1. The number of carbonyl (C=O) groups is 1. The van der Waals surface area contributed by atoms with Crippen molar-refractivity contribution in [3.8, 4) is 11.3 Å². The number of anilines is 1. The van der Waals surface area contributed by atoms with Crippen LogP contribution in [-0.2, 0) is 24.1 Å². The predicted octanol–water partition coefficient (Wildman–Crippen LogP) is 4.14. The van der Waals surface area contributed by atoms with Crippen molar-refractivity contribution < 1.29 is 18.0 Å². The number of nitrogens with one attached hydrogen (secondary N) is 1. The molecule has 0 saturated carbocycles. The lowest BCUT2D eigenvalue weighted by atomic mass is 10.1. The quantitative estimate of drug-likeness (QED) is 0.728. The molecular formula is C18H15F2N3O2S. The van der Waals surface area contributed by atoms with E-state index in [0.717, 1.165) is 37.1 Å². The number of nitrogens with zero attached hydrogens (tertiary/aromatic N) is 2. The highest BCUT2D eigenvalue weighted by Crippen LogP contribution is 2.30. The first-order valence-electron chi connectivity index (χ1n) is 8.27. The summed E-state index contributed by atoms with van der Waals surface area (Å²) in [4.78, 5) is 21.7. The number of hydrogen-bond acceptors (Lipinski definition) is 5. The molecule has 0 fully saturated rings. The Bertz CT molecular complexity index is 926. The van der Waals surface area contributed by atoms with Gasteiger partial charge in [-0.1, -0.05) is 6.07 Å². The van der Waals surface area contributed by atoms with Crippen molar-refractivity contribution in [2.24, 2.45) is 0 Å². The van der Waals surface area contributed by atoms with E-state index in [0.29, 0.717) is 5.13 Å². The first-order chi connectivity index (χ1) is 12.6. The fraction of sp³-hybridized carbons (Fsp3) is 0.278. The largest absolute Gasteiger partial charge is 0.441 e. The fourth-order valence-corrected chi connectivity index (χ4v) is 3.99. The Balaban J connectivity index is 1.37. The molecule has 0 radical (unpaired) electrons. The summed E-state index contributed by atoms with van der Waals surface area (Å²) in [5.41, 5.74) is 0.822. The molecule has 1 aromatic carbocycles. The normalized spacial score (nSPS) is 13.0. The van der Waals surface area contributed by atoms with E-state index < -0.39 is 11.6 Å². The lowest BCUT2D eigenvalue weighted by Gasteiger charge is -2.01. The number of benzene rings is 1. The van der Waals surface area contributed by atoms with E-state index in [1.54, 1.807) is 0 Å². The monoisotopic (exact) mass is 375 g/mol. The molecule has 2 aromatic heterocycles. The number of aromatic nitrogens is 2. The van der Waals surface area contributed by atoms with Crippen molar-refractivity contribution in [1.29, 1.82) is 0 Å². The van der Waals surface area contributed by atoms with Gasteiger partial charge in [0.15, 0.2) is 16.8 Å². The van der Waals surface area contributed by atoms with Gasteiger partial charge in [-0.2, -0.15) is 0 Å². The highest BCUT2D eigenvalue weighted by atomic mass is 32.1. The zero-order valence-electron chi connectivity index (χ0n) is 13.7. The van der Waals surface area contributed by atoms with Gasteiger partial charge >= 0.3 is 0 Å². The molecule has 0 saturated heterocycles. The van der Waals surface area contributed by atoms with Crippen LogP contribution >= 0.6 is 11.3 Å². The summed E-state index contributed by atoms with van der Waals surface area (Å²) >= 11 is 1.51. The van der Waals surface area contributed by atoms with E-state index in [-0.39, 0.29) is 36.0 Å². The number of aryl methyl sites for hydroxylation is 3. The van der Waals surface area contributed by atoms with E-state index >= 15 is 0 Å². The van der Waals surface area contributed by atoms with E-state index in [1.807, 2.05) is 0 Å². The molecule has 134 valence electrons. The number of amides is 1. The highest BCUT2D eigenvalue weighted by molar-refractivity contribution is 7.15. The Labute approximate surface area is 152 Å². The van der Waals surface area contributed by atoms with Crippen LogP contribution in [0.3, 0.4) is 0 Å². The van der Waals surface area contributed by atoms with Crippen molar-refractivity contribution in [1.82, 2.24) is 9.97 Å². The molecule has 0 unspecified atom stereocenters. The molecule has 1 aliphatic rings. The van der Waals surface area contributed by atoms with Crippen LogP contribution in [-0.4, -0.2) is 15.9 Å². The van der Waals surface area contributed by atoms with Crippen LogP contribution in [0.15, 0.2) is 28.8 Å². The van der Waals surface area contributed by atoms with E-state index in [9.17, 15) is 13.6 Å². The van der Waals surface area contributed by atoms with Gasteiger partial charge in [-0.05, 0) is 31.4 Å². The minimum Gasteiger partial charge on any atom is -0.441 e. The first kappa shape index (κ1) is 16.8. The lowest BCUT2D eigenvalue weighted by Crippen LogP contribution is -2.12. The van der Waals surface area contributed by atoms with Crippen molar-refractivity contribution in [2.75, 3.05) is 5.32 Å². The van der Waals surface area contributed by atoms with Crippen LogP contribution in [0.2, 0.25) is 0 Å². The van der Waals surface area contributed by atoms with Crippen molar-refractivity contribution in [3.63, 3.8) is 0 Å². The second-order valence-corrected chi connectivity index (χ2v) is 7.09. The van der Waals surface area contributed by atoms with Gasteiger partial charge in [0, 0.05) is 17.7 Å². The molecule has 0 aliphatic heterocycles. The SMILES string of the molecule is O=C(CCc1ncc(-c2c(F)cccc2F)o1)Nc1nc2c(s1)CCC2. The van der Waals surface area contributed by atoms with Gasteiger partial charge < -0.3 is 9.73 Å². The number of fused-ring (bicyclic) bond motifs is 1. The molecule has 0 spiro atoms. The van der Waals surface area contributed by atoms with Crippen LogP contribution in [0.5, 0.6) is 0 Å². The smallest absolute Gasteiger partial charge is 0.226 e. The molecule has 2 heterocycles. The summed E-state index contributed by atoms with van der Waals surface area (Å²) in [7, 11) is 0. The molecule has 26 heavy (non-hydrogen) atoms. The number of hydrogen-bond donors (Lipinski definition) is 1. The third-order valence-corrected chi connectivity index (χ3v) is 5.24. The molecular weight excluding hydrogens is 360 g/mol. The predicted molar refractivity (Wildman–Crippen MR) is 92.9 cm³/mol. The minimum atomic E-state index is -0.720. The molecule has 8 heteroatoms. The summed E-state index contributed by atoms with van der Waals surface area (Å²) in [5, 5.41) is 3.39. The van der Waals surface area contributed by atoms with E-state index in [4.69, 9.17) is 4.42 Å². The number of thiazole rings is 1. The Morgan fingerprint density at radius 1 is 1.27 bits per heavy atom. The third-order valence-electron chi connectivity index (χ3n) is 4.17. The summed E-state index contributed by atoms with van der Waals surface area (Å²) in [5.74, 6) is -1.38. The number of oxazole rings is 1. The Morgan fingerprint density at radius 3 is 2.85 bits per heavy atom. The Hall–Kier alpha value is -2.61. The van der Waals surface area contributed by atoms with Crippen LogP contribution in [0.4, 0.5) is 13.9 Å².